The molecule has 3 nitrogen and oxygen atoms in total. The lowest BCUT2D eigenvalue weighted by molar-refractivity contribution is 0.0126. The van der Waals surface area contributed by atoms with E-state index in [1.807, 2.05) is 0 Å². The zero-order chi connectivity index (χ0) is 13.6. The van der Waals surface area contributed by atoms with E-state index < -0.39 is 0 Å². The topological polar surface area (TPSA) is 47.3 Å². The first kappa shape index (κ1) is 15.9. The van der Waals surface area contributed by atoms with Gasteiger partial charge in [0.2, 0.25) is 0 Å². The minimum absolute atomic E-state index is 0.0189. The molecule has 3 unspecified atom stereocenters. The summed E-state index contributed by atoms with van der Waals surface area (Å²) >= 11 is 0. The van der Waals surface area contributed by atoms with E-state index in [1.165, 1.54) is 12.8 Å². The quantitative estimate of drug-likeness (QED) is 0.702. The Morgan fingerprint density at radius 1 is 1.44 bits per heavy atom. The van der Waals surface area contributed by atoms with Crippen LogP contribution in [0.25, 0.3) is 0 Å². The first-order valence-electron chi connectivity index (χ1n) is 7.58. The van der Waals surface area contributed by atoms with Crippen LogP contribution >= 0.6 is 0 Å². The minimum atomic E-state index is 0.0189. The highest BCUT2D eigenvalue weighted by Gasteiger charge is 2.34. The lowest BCUT2D eigenvalue weighted by Gasteiger charge is -2.38. The monoisotopic (exact) mass is 256 g/mol. The molecule has 0 saturated carbocycles. The molecule has 3 heteroatoms. The molecule has 0 aromatic heterocycles. The van der Waals surface area contributed by atoms with Crippen molar-refractivity contribution in [3.05, 3.63) is 0 Å². The second-order valence-electron chi connectivity index (χ2n) is 6.31. The van der Waals surface area contributed by atoms with E-state index in [9.17, 15) is 0 Å². The summed E-state index contributed by atoms with van der Waals surface area (Å²) in [5.41, 5.74) is 6.15. The van der Waals surface area contributed by atoms with Crippen molar-refractivity contribution in [2.24, 2.45) is 11.7 Å². The summed E-state index contributed by atoms with van der Waals surface area (Å²) < 4.78 is 5.85. The smallest absolute Gasteiger partial charge is 0.0779 e. The van der Waals surface area contributed by atoms with Gasteiger partial charge in [0, 0.05) is 25.2 Å². The number of hydrogen-bond acceptors (Lipinski definition) is 3. The van der Waals surface area contributed by atoms with Crippen LogP contribution in [0.4, 0.5) is 0 Å². The molecule has 1 aliphatic heterocycles. The molecule has 1 fully saturated rings. The van der Waals surface area contributed by atoms with Crippen LogP contribution in [0.3, 0.4) is 0 Å². The Hall–Kier alpha value is -0.120. The van der Waals surface area contributed by atoms with Crippen LogP contribution in [0.2, 0.25) is 0 Å². The van der Waals surface area contributed by atoms with Gasteiger partial charge in [0.25, 0.3) is 0 Å². The van der Waals surface area contributed by atoms with Crippen molar-refractivity contribution in [3.8, 4) is 0 Å². The van der Waals surface area contributed by atoms with Gasteiger partial charge in [-0.05, 0) is 38.5 Å². The Labute approximate surface area is 113 Å². The lowest BCUT2D eigenvalue weighted by Crippen LogP contribution is -2.55. The van der Waals surface area contributed by atoms with Gasteiger partial charge in [-0.3, -0.25) is 0 Å². The molecule has 0 bridgehead atoms. The third-order valence-corrected chi connectivity index (χ3v) is 4.64. The van der Waals surface area contributed by atoms with E-state index in [0.717, 1.165) is 38.3 Å². The van der Waals surface area contributed by atoms with Crippen molar-refractivity contribution in [2.75, 3.05) is 19.7 Å². The van der Waals surface area contributed by atoms with Crippen LogP contribution in [0.15, 0.2) is 0 Å². The van der Waals surface area contributed by atoms with Crippen molar-refractivity contribution < 1.29 is 4.74 Å². The summed E-state index contributed by atoms with van der Waals surface area (Å²) in [5.74, 6) is 0.721. The summed E-state index contributed by atoms with van der Waals surface area (Å²) in [6.07, 6.45) is 5.81. The molecule has 0 aromatic carbocycles. The first-order chi connectivity index (χ1) is 8.49. The lowest BCUT2D eigenvalue weighted by atomic mass is 9.84. The fourth-order valence-electron chi connectivity index (χ4n) is 2.80. The fourth-order valence-corrected chi connectivity index (χ4v) is 2.80. The SMILES string of the molecule is CCC(C)CC(CC)(CN)NCC1(C)CCCO1. The Morgan fingerprint density at radius 3 is 2.61 bits per heavy atom. The molecule has 1 heterocycles. The highest BCUT2D eigenvalue weighted by molar-refractivity contribution is 4.93. The van der Waals surface area contributed by atoms with Crippen molar-refractivity contribution in [1.82, 2.24) is 5.32 Å². The summed E-state index contributed by atoms with van der Waals surface area (Å²) in [7, 11) is 0. The maximum atomic E-state index is 6.05. The van der Waals surface area contributed by atoms with Gasteiger partial charge in [-0.2, -0.15) is 0 Å². The van der Waals surface area contributed by atoms with Crippen molar-refractivity contribution in [3.63, 3.8) is 0 Å². The van der Waals surface area contributed by atoms with Crippen molar-refractivity contribution in [1.29, 1.82) is 0 Å². The predicted octanol–water partition coefficient (Wildman–Crippen LogP) is 2.69. The van der Waals surface area contributed by atoms with Crippen LogP contribution in [0, 0.1) is 5.92 Å². The molecule has 1 aliphatic rings. The summed E-state index contributed by atoms with van der Waals surface area (Å²) in [4.78, 5) is 0. The second kappa shape index (κ2) is 6.88. The van der Waals surface area contributed by atoms with Gasteiger partial charge in [-0.15, -0.1) is 0 Å². The van der Waals surface area contributed by atoms with Gasteiger partial charge >= 0.3 is 0 Å². The second-order valence-corrected chi connectivity index (χ2v) is 6.31. The predicted molar refractivity (Wildman–Crippen MR) is 77.7 cm³/mol. The first-order valence-corrected chi connectivity index (χ1v) is 7.58. The molecule has 0 amide bonds. The molecular formula is C15H32N2O. The largest absolute Gasteiger partial charge is 0.374 e. The summed E-state index contributed by atoms with van der Waals surface area (Å²) in [6, 6.07) is 0. The zero-order valence-electron chi connectivity index (χ0n) is 12.7. The Bertz CT molecular complexity index is 233. The Morgan fingerprint density at radius 2 is 2.17 bits per heavy atom. The number of ether oxygens (including phenoxy) is 1. The zero-order valence-corrected chi connectivity index (χ0v) is 12.7. The molecular weight excluding hydrogens is 224 g/mol. The van der Waals surface area contributed by atoms with Crippen LogP contribution in [0.5, 0.6) is 0 Å². The molecule has 108 valence electrons. The van der Waals surface area contributed by atoms with Gasteiger partial charge in [0.1, 0.15) is 0 Å². The molecule has 1 saturated heterocycles. The van der Waals surface area contributed by atoms with Gasteiger partial charge in [0.05, 0.1) is 5.60 Å². The van der Waals surface area contributed by atoms with Gasteiger partial charge < -0.3 is 15.8 Å². The normalized spacial score (nSPS) is 29.2. The average molecular weight is 256 g/mol. The molecule has 0 aromatic rings. The Balaban J connectivity index is 2.55. The van der Waals surface area contributed by atoms with Crippen LogP contribution < -0.4 is 11.1 Å². The maximum absolute atomic E-state index is 6.05. The van der Waals surface area contributed by atoms with E-state index in [-0.39, 0.29) is 11.1 Å². The van der Waals surface area contributed by atoms with Gasteiger partial charge in [-0.25, -0.2) is 0 Å². The number of nitrogens with two attached hydrogens (primary N) is 1. The maximum Gasteiger partial charge on any atom is 0.0779 e. The van der Waals surface area contributed by atoms with E-state index in [1.54, 1.807) is 0 Å². The van der Waals surface area contributed by atoms with Crippen LogP contribution in [0.1, 0.15) is 59.8 Å². The average Bonchev–Trinajstić information content (AvgIpc) is 2.82. The van der Waals surface area contributed by atoms with E-state index in [2.05, 4.69) is 33.0 Å². The highest BCUT2D eigenvalue weighted by Crippen LogP contribution is 2.27. The van der Waals surface area contributed by atoms with Gasteiger partial charge in [0.15, 0.2) is 0 Å². The molecule has 0 spiro atoms. The molecule has 1 rings (SSSR count). The van der Waals surface area contributed by atoms with E-state index in [4.69, 9.17) is 10.5 Å². The van der Waals surface area contributed by atoms with Crippen LogP contribution in [-0.4, -0.2) is 30.8 Å². The molecule has 0 radical (unpaired) electrons. The highest BCUT2D eigenvalue weighted by atomic mass is 16.5. The number of rotatable bonds is 8. The summed E-state index contributed by atoms with van der Waals surface area (Å²) in [6.45, 7) is 11.6. The fraction of sp³-hybridized carbons (Fsp3) is 1.00. The molecule has 18 heavy (non-hydrogen) atoms. The molecule has 0 aliphatic carbocycles. The third-order valence-electron chi connectivity index (χ3n) is 4.64. The van der Waals surface area contributed by atoms with Crippen molar-refractivity contribution in [2.45, 2.75) is 70.9 Å². The van der Waals surface area contributed by atoms with Gasteiger partial charge in [-0.1, -0.05) is 27.2 Å². The standard InChI is InChI=1S/C15H32N2O/c1-5-13(3)10-15(6-2,11-16)17-12-14(4)8-7-9-18-14/h13,17H,5-12,16H2,1-4H3. The molecule has 3 N–H and O–H groups in total. The minimum Gasteiger partial charge on any atom is -0.374 e. The van der Waals surface area contributed by atoms with E-state index in [0.29, 0.717) is 6.54 Å². The molecule has 3 atom stereocenters. The van der Waals surface area contributed by atoms with Crippen molar-refractivity contribution >= 4 is 0 Å². The Kier molecular flexibility index (Phi) is 6.09. The third kappa shape index (κ3) is 4.22. The summed E-state index contributed by atoms with van der Waals surface area (Å²) in [5, 5.41) is 3.73. The van der Waals surface area contributed by atoms with Crippen LogP contribution in [-0.2, 0) is 4.74 Å². The van der Waals surface area contributed by atoms with E-state index >= 15 is 0 Å². The number of nitrogens with one attached hydrogen (secondary N) is 1. The number of hydrogen-bond donors (Lipinski definition) is 2.